The molecule has 2 rings (SSSR count). The predicted molar refractivity (Wildman–Crippen MR) is 81.9 cm³/mol. The lowest BCUT2D eigenvalue weighted by molar-refractivity contribution is -0.385. The SMILES string of the molecule is CCc1cccc(NC(=O)c2ccc(Cl)cc2[N+](=O)[O-])c1. The van der Waals surface area contributed by atoms with E-state index >= 15 is 0 Å². The molecule has 0 saturated carbocycles. The molecule has 6 heteroatoms. The maximum absolute atomic E-state index is 12.2. The maximum atomic E-state index is 12.2. The van der Waals surface area contributed by atoms with Crippen LogP contribution < -0.4 is 5.32 Å². The van der Waals surface area contributed by atoms with E-state index in [-0.39, 0.29) is 16.3 Å². The fourth-order valence-corrected chi connectivity index (χ4v) is 2.08. The third-order valence-corrected chi connectivity index (χ3v) is 3.23. The van der Waals surface area contributed by atoms with E-state index < -0.39 is 10.8 Å². The Hall–Kier alpha value is -2.40. The van der Waals surface area contributed by atoms with Crippen LogP contribution in [-0.2, 0) is 6.42 Å². The van der Waals surface area contributed by atoms with Crippen LogP contribution in [0, 0.1) is 10.1 Å². The average molecular weight is 305 g/mol. The third kappa shape index (κ3) is 3.58. The van der Waals surface area contributed by atoms with Gasteiger partial charge in [0, 0.05) is 16.8 Å². The normalized spacial score (nSPS) is 10.2. The summed E-state index contributed by atoms with van der Waals surface area (Å²) in [6.07, 6.45) is 0.838. The summed E-state index contributed by atoms with van der Waals surface area (Å²) in [5.74, 6) is -0.536. The Morgan fingerprint density at radius 3 is 2.71 bits per heavy atom. The molecule has 2 aromatic carbocycles. The third-order valence-electron chi connectivity index (χ3n) is 2.99. The number of anilines is 1. The molecule has 0 aliphatic heterocycles. The van der Waals surface area contributed by atoms with Crippen LogP contribution in [0.25, 0.3) is 0 Å². The minimum absolute atomic E-state index is 0.0219. The van der Waals surface area contributed by atoms with Gasteiger partial charge in [-0.25, -0.2) is 0 Å². The second-order valence-corrected chi connectivity index (χ2v) is 4.86. The monoisotopic (exact) mass is 304 g/mol. The number of carbonyl (C=O) groups excluding carboxylic acids is 1. The summed E-state index contributed by atoms with van der Waals surface area (Å²) >= 11 is 5.73. The van der Waals surface area contributed by atoms with E-state index in [1.807, 2.05) is 25.1 Å². The number of amides is 1. The molecule has 2 aromatic rings. The Kier molecular flexibility index (Phi) is 4.55. The first-order chi connectivity index (χ1) is 10.0. The first-order valence-electron chi connectivity index (χ1n) is 6.35. The van der Waals surface area contributed by atoms with Crippen LogP contribution in [0.4, 0.5) is 11.4 Å². The Morgan fingerprint density at radius 1 is 1.29 bits per heavy atom. The molecule has 0 aliphatic rings. The Morgan fingerprint density at radius 2 is 2.05 bits per heavy atom. The van der Waals surface area contributed by atoms with Gasteiger partial charge in [-0.1, -0.05) is 30.7 Å². The van der Waals surface area contributed by atoms with Crippen LogP contribution in [0.3, 0.4) is 0 Å². The Labute approximate surface area is 126 Å². The molecule has 21 heavy (non-hydrogen) atoms. The van der Waals surface area contributed by atoms with Gasteiger partial charge >= 0.3 is 0 Å². The number of nitro groups is 1. The summed E-state index contributed by atoms with van der Waals surface area (Å²) in [6.45, 7) is 2.00. The molecule has 0 spiro atoms. The number of hydrogen-bond acceptors (Lipinski definition) is 3. The van der Waals surface area contributed by atoms with Gasteiger partial charge in [-0.15, -0.1) is 0 Å². The lowest BCUT2D eigenvalue weighted by Crippen LogP contribution is -2.14. The van der Waals surface area contributed by atoms with Gasteiger partial charge in [-0.2, -0.15) is 0 Å². The summed E-state index contributed by atoms with van der Waals surface area (Å²) in [5, 5.41) is 13.9. The Balaban J connectivity index is 2.30. The van der Waals surface area contributed by atoms with Crippen LogP contribution in [0.2, 0.25) is 5.02 Å². The molecule has 0 unspecified atom stereocenters. The molecule has 1 N–H and O–H groups in total. The van der Waals surface area contributed by atoms with Crippen LogP contribution in [0.1, 0.15) is 22.8 Å². The highest BCUT2D eigenvalue weighted by Crippen LogP contribution is 2.24. The first kappa shape index (κ1) is 15.0. The second kappa shape index (κ2) is 6.37. The number of nitrogens with one attached hydrogen (secondary N) is 1. The smallest absolute Gasteiger partial charge is 0.283 e. The van der Waals surface area contributed by atoms with Gasteiger partial charge in [0.15, 0.2) is 0 Å². The van der Waals surface area contributed by atoms with Crippen LogP contribution in [0.5, 0.6) is 0 Å². The molecule has 0 heterocycles. The van der Waals surface area contributed by atoms with Crippen molar-refractivity contribution in [1.82, 2.24) is 0 Å². The fraction of sp³-hybridized carbons (Fsp3) is 0.133. The van der Waals surface area contributed by atoms with E-state index in [2.05, 4.69) is 5.32 Å². The first-order valence-corrected chi connectivity index (χ1v) is 6.73. The minimum Gasteiger partial charge on any atom is -0.322 e. The number of nitrogens with zero attached hydrogens (tertiary/aromatic N) is 1. The van der Waals surface area contributed by atoms with Gasteiger partial charge in [0.05, 0.1) is 4.92 Å². The second-order valence-electron chi connectivity index (χ2n) is 4.43. The molecule has 0 fully saturated rings. The zero-order chi connectivity index (χ0) is 15.4. The number of rotatable bonds is 4. The quantitative estimate of drug-likeness (QED) is 0.683. The van der Waals surface area contributed by atoms with Crippen molar-refractivity contribution < 1.29 is 9.72 Å². The van der Waals surface area contributed by atoms with Crippen molar-refractivity contribution >= 4 is 28.9 Å². The molecule has 0 saturated heterocycles. The summed E-state index contributed by atoms with van der Waals surface area (Å²) in [4.78, 5) is 22.6. The molecule has 108 valence electrons. The standard InChI is InChI=1S/C15H13ClN2O3/c1-2-10-4-3-5-12(8-10)17-15(19)13-7-6-11(16)9-14(13)18(20)21/h3-9H,2H2,1H3,(H,17,19). The van der Waals surface area contributed by atoms with E-state index in [4.69, 9.17) is 11.6 Å². The Bertz CT molecular complexity index is 701. The predicted octanol–water partition coefficient (Wildman–Crippen LogP) is 4.06. The van der Waals surface area contributed by atoms with E-state index in [1.165, 1.54) is 18.2 Å². The van der Waals surface area contributed by atoms with Crippen LogP contribution in [0.15, 0.2) is 42.5 Å². The molecular formula is C15H13ClN2O3. The summed E-state index contributed by atoms with van der Waals surface area (Å²) < 4.78 is 0. The van der Waals surface area contributed by atoms with Crippen molar-refractivity contribution in [3.05, 3.63) is 68.7 Å². The van der Waals surface area contributed by atoms with Gasteiger partial charge in [0.25, 0.3) is 11.6 Å². The topological polar surface area (TPSA) is 72.2 Å². The van der Waals surface area contributed by atoms with Crippen molar-refractivity contribution in [3.63, 3.8) is 0 Å². The number of benzene rings is 2. The van der Waals surface area contributed by atoms with Crippen LogP contribution in [-0.4, -0.2) is 10.8 Å². The highest BCUT2D eigenvalue weighted by atomic mass is 35.5. The number of hydrogen-bond donors (Lipinski definition) is 1. The highest BCUT2D eigenvalue weighted by molar-refractivity contribution is 6.31. The van der Waals surface area contributed by atoms with Gasteiger partial charge in [0.1, 0.15) is 5.56 Å². The van der Waals surface area contributed by atoms with E-state index in [0.717, 1.165) is 12.0 Å². The zero-order valence-electron chi connectivity index (χ0n) is 11.3. The number of nitro benzene ring substituents is 1. The number of halogens is 1. The van der Waals surface area contributed by atoms with E-state index in [1.54, 1.807) is 6.07 Å². The van der Waals surface area contributed by atoms with Crippen molar-refractivity contribution in [2.45, 2.75) is 13.3 Å². The lowest BCUT2D eigenvalue weighted by Gasteiger charge is -2.07. The number of carbonyl (C=O) groups is 1. The van der Waals surface area contributed by atoms with Crippen molar-refractivity contribution in [1.29, 1.82) is 0 Å². The minimum atomic E-state index is -0.622. The summed E-state index contributed by atoms with van der Waals surface area (Å²) in [7, 11) is 0. The van der Waals surface area contributed by atoms with Gasteiger partial charge < -0.3 is 5.32 Å². The molecule has 0 bridgehead atoms. The van der Waals surface area contributed by atoms with Crippen molar-refractivity contribution in [2.24, 2.45) is 0 Å². The van der Waals surface area contributed by atoms with E-state index in [0.29, 0.717) is 5.69 Å². The van der Waals surface area contributed by atoms with Crippen molar-refractivity contribution in [2.75, 3.05) is 5.32 Å². The summed E-state index contributed by atoms with van der Waals surface area (Å²) in [6, 6.07) is 11.3. The van der Waals surface area contributed by atoms with Gasteiger partial charge in [-0.05, 0) is 36.2 Å². The average Bonchev–Trinajstić information content (AvgIpc) is 2.47. The summed E-state index contributed by atoms with van der Waals surface area (Å²) in [5.41, 5.74) is 1.33. The van der Waals surface area contributed by atoms with Crippen molar-refractivity contribution in [3.8, 4) is 0 Å². The molecule has 0 aromatic heterocycles. The largest absolute Gasteiger partial charge is 0.322 e. The molecule has 0 atom stereocenters. The maximum Gasteiger partial charge on any atom is 0.283 e. The number of aryl methyl sites for hydroxylation is 1. The fourth-order valence-electron chi connectivity index (χ4n) is 1.92. The van der Waals surface area contributed by atoms with Gasteiger partial charge in [0.2, 0.25) is 0 Å². The molecule has 1 amide bonds. The molecule has 0 radical (unpaired) electrons. The van der Waals surface area contributed by atoms with Gasteiger partial charge in [-0.3, -0.25) is 14.9 Å². The molecular weight excluding hydrogens is 292 g/mol. The van der Waals surface area contributed by atoms with Crippen LogP contribution >= 0.6 is 11.6 Å². The highest BCUT2D eigenvalue weighted by Gasteiger charge is 2.20. The zero-order valence-corrected chi connectivity index (χ0v) is 12.1. The molecule has 0 aliphatic carbocycles. The lowest BCUT2D eigenvalue weighted by atomic mass is 10.1. The van der Waals surface area contributed by atoms with E-state index in [9.17, 15) is 14.9 Å². The molecule has 5 nitrogen and oxygen atoms in total.